The van der Waals surface area contributed by atoms with Crippen LogP contribution in [0.15, 0.2) is 22.3 Å². The molecule has 0 aromatic rings. The average molecular weight is 260 g/mol. The summed E-state index contributed by atoms with van der Waals surface area (Å²) in [4.78, 5) is 23.7. The van der Waals surface area contributed by atoms with Crippen molar-refractivity contribution in [1.29, 1.82) is 0 Å². The lowest BCUT2D eigenvalue weighted by Crippen LogP contribution is -2.21. The quantitative estimate of drug-likeness (QED) is 0.727. The minimum Gasteiger partial charge on any atom is -0.289 e. The first-order valence-electron chi connectivity index (χ1n) is 5.68. The second-order valence-electron chi connectivity index (χ2n) is 4.48. The molecule has 1 rings (SSSR count). The van der Waals surface area contributed by atoms with Crippen molar-refractivity contribution in [2.45, 2.75) is 46.2 Å². The van der Waals surface area contributed by atoms with E-state index in [1.54, 1.807) is 6.92 Å². The van der Waals surface area contributed by atoms with Crippen LogP contribution >= 0.6 is 0 Å². The van der Waals surface area contributed by atoms with Crippen LogP contribution in [0.4, 0.5) is 13.2 Å². The van der Waals surface area contributed by atoms with E-state index >= 15 is 0 Å². The average Bonchev–Trinajstić information content (AvgIpc) is 2.27. The van der Waals surface area contributed by atoms with Gasteiger partial charge in [0.15, 0.2) is 11.6 Å². The van der Waals surface area contributed by atoms with Crippen LogP contribution in [0.1, 0.15) is 40.0 Å². The molecular formula is C13H15F3O2. The van der Waals surface area contributed by atoms with Crippen LogP contribution in [0.25, 0.3) is 0 Å². The Kier molecular flexibility index (Phi) is 4.14. The summed E-state index contributed by atoms with van der Waals surface area (Å²) < 4.78 is 36.1. The lowest BCUT2D eigenvalue weighted by Gasteiger charge is -2.18. The van der Waals surface area contributed by atoms with Gasteiger partial charge in [0.1, 0.15) is 0 Å². The highest BCUT2D eigenvalue weighted by Crippen LogP contribution is 2.29. The van der Waals surface area contributed by atoms with Crippen molar-refractivity contribution in [1.82, 2.24) is 0 Å². The number of hydrogen-bond donors (Lipinski definition) is 0. The molecule has 1 aliphatic carbocycles. The first-order valence-corrected chi connectivity index (χ1v) is 5.68. The number of carbonyl (C=O) groups excluding carboxylic acids is 2. The molecule has 0 radical (unpaired) electrons. The van der Waals surface area contributed by atoms with Gasteiger partial charge in [0, 0.05) is 28.7 Å². The normalized spacial score (nSPS) is 17.9. The molecule has 100 valence electrons. The minimum atomic E-state index is -4.23. The first-order chi connectivity index (χ1) is 8.15. The summed E-state index contributed by atoms with van der Waals surface area (Å²) in [6, 6.07) is 0. The van der Waals surface area contributed by atoms with E-state index in [1.165, 1.54) is 13.8 Å². The Morgan fingerprint density at radius 2 is 1.39 bits per heavy atom. The fourth-order valence-electron chi connectivity index (χ4n) is 1.92. The highest BCUT2D eigenvalue weighted by Gasteiger charge is 2.30. The molecule has 0 aromatic carbocycles. The van der Waals surface area contributed by atoms with Crippen LogP contribution in [0, 0.1) is 0 Å². The van der Waals surface area contributed by atoms with Crippen molar-refractivity contribution in [2.24, 2.45) is 0 Å². The lowest BCUT2D eigenvalue weighted by molar-refractivity contribution is -0.135. The number of alkyl halides is 3. The minimum absolute atomic E-state index is 0.000532. The molecule has 0 heterocycles. The molecule has 0 aromatic heterocycles. The zero-order valence-electron chi connectivity index (χ0n) is 10.6. The van der Waals surface area contributed by atoms with E-state index < -0.39 is 12.6 Å². The molecule has 0 N–H and O–H groups in total. The molecule has 0 saturated carbocycles. The molecule has 0 aliphatic heterocycles. The maximum Gasteiger partial charge on any atom is 0.389 e. The van der Waals surface area contributed by atoms with Crippen LogP contribution in [0.3, 0.4) is 0 Å². The SMILES string of the molecule is CC1=C(C)C(=O)C(CCCC(F)(F)F)=C(C)C1=O. The third-order valence-corrected chi connectivity index (χ3v) is 3.20. The summed E-state index contributed by atoms with van der Waals surface area (Å²) in [5, 5.41) is 0. The van der Waals surface area contributed by atoms with Crippen molar-refractivity contribution >= 4 is 11.6 Å². The lowest BCUT2D eigenvalue weighted by atomic mass is 9.84. The van der Waals surface area contributed by atoms with Crippen LogP contribution in [-0.2, 0) is 9.59 Å². The predicted octanol–water partition coefficient (Wildman–Crippen LogP) is 3.52. The van der Waals surface area contributed by atoms with E-state index in [2.05, 4.69) is 0 Å². The number of hydrogen-bond acceptors (Lipinski definition) is 2. The molecule has 5 heteroatoms. The van der Waals surface area contributed by atoms with Gasteiger partial charge in [0.05, 0.1) is 0 Å². The molecule has 0 unspecified atom stereocenters. The number of allylic oxidation sites excluding steroid dienone is 4. The van der Waals surface area contributed by atoms with Gasteiger partial charge in [-0.25, -0.2) is 0 Å². The number of Topliss-reactive ketones (excluding diaryl/α,β-unsaturated/α-hetero) is 2. The van der Waals surface area contributed by atoms with E-state index in [4.69, 9.17) is 0 Å². The Morgan fingerprint density at radius 1 is 0.889 bits per heavy atom. The van der Waals surface area contributed by atoms with Gasteiger partial charge in [-0.15, -0.1) is 0 Å². The van der Waals surface area contributed by atoms with Crippen LogP contribution in [0.2, 0.25) is 0 Å². The summed E-state index contributed by atoms with van der Waals surface area (Å²) in [6.45, 7) is 4.59. The summed E-state index contributed by atoms with van der Waals surface area (Å²) in [7, 11) is 0. The molecule has 0 spiro atoms. The summed E-state index contributed by atoms with van der Waals surface area (Å²) in [6.07, 6.45) is -5.33. The Balaban J connectivity index is 2.83. The zero-order chi connectivity index (χ0) is 14.1. The highest BCUT2D eigenvalue weighted by molar-refractivity contribution is 6.24. The molecular weight excluding hydrogens is 245 g/mol. The second kappa shape index (κ2) is 5.08. The van der Waals surface area contributed by atoms with Gasteiger partial charge in [-0.2, -0.15) is 13.2 Å². The van der Waals surface area contributed by atoms with Crippen LogP contribution in [0.5, 0.6) is 0 Å². The van der Waals surface area contributed by atoms with Crippen LogP contribution < -0.4 is 0 Å². The molecule has 18 heavy (non-hydrogen) atoms. The largest absolute Gasteiger partial charge is 0.389 e. The van der Waals surface area contributed by atoms with E-state index in [0.717, 1.165) is 0 Å². The molecule has 0 saturated heterocycles. The fraction of sp³-hybridized carbons (Fsp3) is 0.538. The molecule has 0 amide bonds. The van der Waals surface area contributed by atoms with Crippen molar-refractivity contribution in [3.8, 4) is 0 Å². The Hall–Kier alpha value is -1.39. The molecule has 2 nitrogen and oxygen atoms in total. The highest BCUT2D eigenvalue weighted by atomic mass is 19.4. The Morgan fingerprint density at radius 3 is 1.89 bits per heavy atom. The summed E-state index contributed by atoms with van der Waals surface area (Å²) >= 11 is 0. The number of rotatable bonds is 3. The van der Waals surface area contributed by atoms with E-state index in [0.29, 0.717) is 11.1 Å². The smallest absolute Gasteiger partial charge is 0.289 e. The van der Waals surface area contributed by atoms with Crippen molar-refractivity contribution in [3.05, 3.63) is 22.3 Å². The van der Waals surface area contributed by atoms with E-state index in [1.807, 2.05) is 0 Å². The topological polar surface area (TPSA) is 34.1 Å². The molecule has 0 fully saturated rings. The number of halogens is 3. The third kappa shape index (κ3) is 3.09. The molecule has 0 bridgehead atoms. The Bertz CT molecular complexity index is 453. The maximum absolute atomic E-state index is 12.0. The monoisotopic (exact) mass is 260 g/mol. The van der Waals surface area contributed by atoms with Gasteiger partial charge in [-0.3, -0.25) is 9.59 Å². The van der Waals surface area contributed by atoms with Crippen molar-refractivity contribution in [2.75, 3.05) is 0 Å². The van der Waals surface area contributed by atoms with Gasteiger partial charge in [-0.1, -0.05) is 0 Å². The van der Waals surface area contributed by atoms with E-state index in [-0.39, 0.29) is 35.6 Å². The third-order valence-electron chi connectivity index (χ3n) is 3.20. The van der Waals surface area contributed by atoms with E-state index in [9.17, 15) is 22.8 Å². The van der Waals surface area contributed by atoms with Crippen LogP contribution in [-0.4, -0.2) is 17.7 Å². The number of carbonyl (C=O) groups is 2. The first kappa shape index (κ1) is 14.7. The standard InChI is InChI=1S/C13H15F3O2/c1-7-8(2)12(18)10(9(3)11(7)17)5-4-6-13(14,15)16/h4-6H2,1-3H3. The van der Waals surface area contributed by atoms with Crippen molar-refractivity contribution < 1.29 is 22.8 Å². The zero-order valence-corrected chi connectivity index (χ0v) is 10.6. The van der Waals surface area contributed by atoms with Gasteiger partial charge in [0.25, 0.3) is 0 Å². The van der Waals surface area contributed by atoms with Gasteiger partial charge in [0.2, 0.25) is 0 Å². The Labute approximate surface area is 104 Å². The van der Waals surface area contributed by atoms with Gasteiger partial charge < -0.3 is 0 Å². The maximum atomic E-state index is 12.0. The second-order valence-corrected chi connectivity index (χ2v) is 4.48. The molecule has 0 atom stereocenters. The molecule has 1 aliphatic rings. The van der Waals surface area contributed by atoms with Crippen molar-refractivity contribution in [3.63, 3.8) is 0 Å². The number of ketones is 2. The summed E-state index contributed by atoms with van der Waals surface area (Å²) in [5.74, 6) is -0.541. The van der Waals surface area contributed by atoms with Gasteiger partial charge in [-0.05, 0) is 33.6 Å². The fourth-order valence-corrected chi connectivity index (χ4v) is 1.92. The predicted molar refractivity (Wildman–Crippen MR) is 61.0 cm³/mol. The summed E-state index contributed by atoms with van der Waals surface area (Å²) in [5.41, 5.74) is 1.24. The van der Waals surface area contributed by atoms with Gasteiger partial charge >= 0.3 is 6.18 Å².